The first kappa shape index (κ1) is 61.0. The second-order valence-corrected chi connectivity index (χ2v) is 29.5. The van der Waals surface area contributed by atoms with E-state index in [1.54, 1.807) is 0 Å². The molecule has 474 valence electrons. The predicted molar refractivity (Wildman–Crippen MR) is 422 cm³/mol. The lowest BCUT2D eigenvalue weighted by Gasteiger charge is -2.47. The Morgan fingerprint density at radius 1 is 0.296 bits per heavy atom. The molecule has 0 spiro atoms. The van der Waals surface area contributed by atoms with E-state index in [0.29, 0.717) is 0 Å². The van der Waals surface area contributed by atoms with Crippen LogP contribution in [0, 0.1) is 55.4 Å². The third-order valence-electron chi connectivity index (χ3n) is 21.1. The van der Waals surface area contributed by atoms with Crippen molar-refractivity contribution in [3.05, 3.63) is 317 Å². The van der Waals surface area contributed by atoms with Crippen molar-refractivity contribution in [1.29, 1.82) is 0 Å². The number of hydrogen-bond donors (Lipinski definition) is 0. The van der Waals surface area contributed by atoms with Gasteiger partial charge in [-0.15, -0.1) is 0 Å². The van der Waals surface area contributed by atoms with Crippen molar-refractivity contribution in [2.24, 2.45) is 0 Å². The summed E-state index contributed by atoms with van der Waals surface area (Å²) in [5.74, 6) is 0. The van der Waals surface area contributed by atoms with Gasteiger partial charge >= 0.3 is 0 Å². The summed E-state index contributed by atoms with van der Waals surface area (Å²) in [6, 6.07) is 102. The molecule has 17 rings (SSSR count). The fourth-order valence-electron chi connectivity index (χ4n) is 16.8. The average Bonchev–Trinajstić information content (AvgIpc) is 0.688. The lowest BCUT2D eigenvalue weighted by atomic mass is 9.31. The van der Waals surface area contributed by atoms with Crippen LogP contribution in [0.25, 0.3) is 11.1 Å². The van der Waals surface area contributed by atoms with Crippen LogP contribution in [0.15, 0.2) is 277 Å². The Hall–Kier alpha value is -10.7. The highest BCUT2D eigenvalue weighted by Gasteiger charge is 2.48. The van der Waals surface area contributed by atoms with Crippen LogP contribution in [0.2, 0.25) is 0 Å². The summed E-state index contributed by atoms with van der Waals surface area (Å²) in [5.41, 5.74) is 38.6. The predicted octanol–water partition coefficient (Wildman–Crippen LogP) is 20.9. The summed E-state index contributed by atoms with van der Waals surface area (Å²) < 4.78 is 0. The molecule has 0 atom stereocenters. The van der Waals surface area contributed by atoms with Crippen molar-refractivity contribution < 1.29 is 0 Å². The van der Waals surface area contributed by atoms with Gasteiger partial charge in [0.15, 0.2) is 0 Å². The Bertz CT molecular complexity index is 5310. The molecular formula is C90H77B2N5S. The van der Waals surface area contributed by atoms with Gasteiger partial charge in [-0.05, 0) is 217 Å². The summed E-state index contributed by atoms with van der Waals surface area (Å²) in [7, 11) is 0. The third kappa shape index (κ3) is 9.69. The molecule has 4 heterocycles. The molecule has 0 aromatic heterocycles. The van der Waals surface area contributed by atoms with Gasteiger partial charge < -0.3 is 24.5 Å². The molecule has 98 heavy (non-hydrogen) atoms. The molecule has 0 amide bonds. The Balaban J connectivity index is 0.996. The van der Waals surface area contributed by atoms with E-state index >= 15 is 0 Å². The fourth-order valence-corrected chi connectivity index (χ4v) is 18.0. The molecule has 0 N–H and O–H groups in total. The smallest absolute Gasteiger partial charge is 0.252 e. The minimum Gasteiger partial charge on any atom is -0.311 e. The quantitative estimate of drug-likeness (QED) is 0.126. The van der Waals surface area contributed by atoms with Gasteiger partial charge in [-0.1, -0.05) is 232 Å². The van der Waals surface area contributed by atoms with Crippen LogP contribution in [0.4, 0.5) is 85.3 Å². The highest BCUT2D eigenvalue weighted by Crippen LogP contribution is 2.54. The molecule has 13 aromatic carbocycles. The number of para-hydroxylation sites is 9. The van der Waals surface area contributed by atoms with Gasteiger partial charge in [0.05, 0.1) is 34.1 Å². The average molecular weight is 1280 g/mol. The van der Waals surface area contributed by atoms with E-state index in [4.69, 9.17) is 0 Å². The van der Waals surface area contributed by atoms with Crippen molar-refractivity contribution in [3.63, 3.8) is 0 Å². The molecular weight excluding hydrogens is 1200 g/mol. The second-order valence-electron chi connectivity index (χ2n) is 28.5. The van der Waals surface area contributed by atoms with E-state index in [-0.39, 0.29) is 18.8 Å². The maximum Gasteiger partial charge on any atom is 0.252 e. The largest absolute Gasteiger partial charge is 0.311 e. The van der Waals surface area contributed by atoms with Crippen LogP contribution in [-0.2, 0) is 5.41 Å². The minimum atomic E-state index is -0.166. The number of aryl methyl sites for hydroxylation is 8. The van der Waals surface area contributed by atoms with E-state index in [1.165, 1.54) is 155 Å². The van der Waals surface area contributed by atoms with Gasteiger partial charge in [0.2, 0.25) is 6.71 Å². The van der Waals surface area contributed by atoms with E-state index in [9.17, 15) is 0 Å². The van der Waals surface area contributed by atoms with E-state index in [2.05, 4.69) is 368 Å². The number of fused-ring (bicyclic) bond motifs is 8. The molecule has 0 unspecified atom stereocenters. The Labute approximate surface area is 583 Å². The zero-order valence-corrected chi connectivity index (χ0v) is 58.5. The number of anilines is 15. The van der Waals surface area contributed by atoms with Gasteiger partial charge in [0, 0.05) is 66.5 Å². The van der Waals surface area contributed by atoms with Crippen LogP contribution in [0.3, 0.4) is 0 Å². The zero-order valence-electron chi connectivity index (χ0n) is 57.7. The van der Waals surface area contributed by atoms with Crippen molar-refractivity contribution in [2.75, 3.05) is 24.5 Å². The lowest BCUT2D eigenvalue weighted by molar-refractivity contribution is 0.590. The third-order valence-corrected chi connectivity index (χ3v) is 22.3. The van der Waals surface area contributed by atoms with Crippen LogP contribution >= 0.6 is 11.8 Å². The van der Waals surface area contributed by atoms with Crippen molar-refractivity contribution in [2.45, 2.75) is 91.4 Å². The minimum absolute atomic E-state index is 0.0111. The summed E-state index contributed by atoms with van der Waals surface area (Å²) in [6.45, 7) is 24.8. The van der Waals surface area contributed by atoms with Crippen molar-refractivity contribution >= 4 is 143 Å². The highest BCUT2D eigenvalue weighted by atomic mass is 32.2. The first-order valence-corrected chi connectivity index (χ1v) is 35.4. The summed E-state index contributed by atoms with van der Waals surface area (Å²) >= 11 is 1.94. The standard InChI is InChI=1S/C90H77B2N5S/c1-56-28-24-29-57(2)86(56)93(66-36-14-12-15-37-66)68-50-79-84-80(51-68)96(88-60(5)32-26-33-61(88)6)76-44-22-19-41-71(76)91(84)73-54-74-82(55-78(73)95(79)75-43-21-18-40-70(75)64-46-48-65(49-47-64)90(9,10)11)98-83-53-69(94(67-38-16-13-17-39-67)87-58(3)30-25-31-59(87)4)52-81-85(83)92(74)72-42-20-23-45-77(72)97(81)89-62(7)34-27-35-63(89)8/h12-55H,1-11H3. The molecule has 0 radical (unpaired) electrons. The van der Waals surface area contributed by atoms with E-state index < -0.39 is 0 Å². The van der Waals surface area contributed by atoms with Crippen molar-refractivity contribution in [1.82, 2.24) is 0 Å². The maximum atomic E-state index is 2.68. The Morgan fingerprint density at radius 2 is 0.704 bits per heavy atom. The topological polar surface area (TPSA) is 16.2 Å². The van der Waals surface area contributed by atoms with Gasteiger partial charge in [0.1, 0.15) is 0 Å². The lowest BCUT2D eigenvalue weighted by Crippen LogP contribution is -2.64. The number of nitrogens with zero attached hydrogens (tertiary/aromatic N) is 5. The number of rotatable bonds is 10. The van der Waals surface area contributed by atoms with Gasteiger partial charge in [-0.3, -0.25) is 0 Å². The first-order chi connectivity index (χ1) is 47.6. The van der Waals surface area contributed by atoms with Crippen molar-refractivity contribution in [3.8, 4) is 11.1 Å². The van der Waals surface area contributed by atoms with E-state index in [1.807, 2.05) is 11.8 Å². The number of hydrogen-bond acceptors (Lipinski definition) is 6. The fraction of sp³-hybridized carbons (Fsp3) is 0.133. The molecule has 4 aliphatic rings. The molecule has 0 saturated heterocycles. The summed E-state index contributed by atoms with van der Waals surface area (Å²) in [5, 5.41) is 0. The van der Waals surface area contributed by atoms with Crippen LogP contribution in [0.1, 0.15) is 70.8 Å². The molecule has 13 aromatic rings. The molecule has 4 aliphatic heterocycles. The van der Waals surface area contributed by atoms with Gasteiger partial charge in [-0.25, -0.2) is 0 Å². The van der Waals surface area contributed by atoms with Gasteiger partial charge in [-0.2, -0.15) is 0 Å². The first-order valence-electron chi connectivity index (χ1n) is 34.6. The van der Waals surface area contributed by atoms with Crippen LogP contribution in [-0.4, -0.2) is 13.4 Å². The Morgan fingerprint density at radius 3 is 1.19 bits per heavy atom. The molecule has 0 bridgehead atoms. The maximum absolute atomic E-state index is 2.68. The monoisotopic (exact) mass is 1280 g/mol. The summed E-state index contributed by atoms with van der Waals surface area (Å²) in [4.78, 5) is 15.5. The molecule has 0 saturated carbocycles. The van der Waals surface area contributed by atoms with Gasteiger partial charge in [0.25, 0.3) is 6.71 Å². The highest BCUT2D eigenvalue weighted by molar-refractivity contribution is 8.00. The van der Waals surface area contributed by atoms with Crippen LogP contribution in [0.5, 0.6) is 0 Å². The number of benzene rings is 13. The normalized spacial score (nSPS) is 13.1. The molecule has 0 fully saturated rings. The van der Waals surface area contributed by atoms with E-state index in [0.717, 1.165) is 34.1 Å². The summed E-state index contributed by atoms with van der Waals surface area (Å²) in [6.07, 6.45) is 0. The molecule has 8 heteroatoms. The molecule has 5 nitrogen and oxygen atoms in total. The SMILES string of the molecule is Cc1cccc(C)c1N(c1ccccc1)c1cc2c3c(c1)N(c1c(C)cccc1C)c1ccccc1B3c1cc3c(cc1S2)N(c1ccccc1-c1ccc(C(C)(C)C)cc1)c1cc(N(c2ccccc2)c2c(C)cccc2C)cc2c1B3c1ccccc1N2c1c(C)cccc1C. The van der Waals surface area contributed by atoms with Crippen LogP contribution < -0.4 is 57.3 Å². The zero-order chi connectivity index (χ0) is 67.0. The Kier molecular flexibility index (Phi) is 14.7. The molecule has 0 aliphatic carbocycles. The second kappa shape index (κ2) is 23.6.